The van der Waals surface area contributed by atoms with Gasteiger partial charge < -0.3 is 10.1 Å². The largest absolute Gasteiger partial charge is 0.460 e. The average molecular weight is 442 g/mol. The van der Waals surface area contributed by atoms with Crippen molar-refractivity contribution in [3.8, 4) is 17.2 Å². The molecular weight excluding hydrogens is 417 g/mol. The first kappa shape index (κ1) is 22.2. The molecule has 2 heterocycles. The number of rotatable bonds is 4. The lowest BCUT2D eigenvalue weighted by Gasteiger charge is -2.29. The van der Waals surface area contributed by atoms with E-state index in [0.29, 0.717) is 22.5 Å². The molecule has 33 heavy (non-hydrogen) atoms. The number of halogens is 1. The van der Waals surface area contributed by atoms with E-state index in [2.05, 4.69) is 16.4 Å². The fourth-order valence-electron chi connectivity index (χ4n) is 4.23. The van der Waals surface area contributed by atoms with Crippen LogP contribution in [0, 0.1) is 17.1 Å². The Morgan fingerprint density at radius 3 is 2.52 bits per heavy atom. The lowest BCUT2D eigenvalue weighted by Crippen LogP contribution is -2.29. The molecule has 0 saturated carbocycles. The molecular formula is C27H24FN3O2. The van der Waals surface area contributed by atoms with Gasteiger partial charge in [0, 0.05) is 28.5 Å². The zero-order chi connectivity index (χ0) is 23.7. The van der Waals surface area contributed by atoms with E-state index in [1.165, 1.54) is 12.1 Å². The van der Waals surface area contributed by atoms with E-state index in [9.17, 15) is 14.4 Å². The summed E-state index contributed by atoms with van der Waals surface area (Å²) >= 11 is 0. The van der Waals surface area contributed by atoms with Gasteiger partial charge in [-0.25, -0.2) is 9.18 Å². The molecule has 1 aromatic heterocycles. The summed E-state index contributed by atoms with van der Waals surface area (Å²) in [6.07, 6.45) is 1.44. The van der Waals surface area contributed by atoms with Crippen molar-refractivity contribution in [3.05, 3.63) is 88.6 Å². The maximum Gasteiger partial charge on any atom is 0.337 e. The summed E-state index contributed by atoms with van der Waals surface area (Å²) < 4.78 is 19.0. The van der Waals surface area contributed by atoms with Gasteiger partial charge in [0.15, 0.2) is 0 Å². The molecule has 1 aliphatic rings. The number of carbonyl (C=O) groups excluding carboxylic acids is 1. The number of dihydropyridines is 1. The zero-order valence-electron chi connectivity index (χ0n) is 18.9. The van der Waals surface area contributed by atoms with Crippen molar-refractivity contribution in [2.24, 2.45) is 0 Å². The summed E-state index contributed by atoms with van der Waals surface area (Å²) in [5.74, 6) is -1.37. The number of nitrogens with zero attached hydrogens (tertiary/aromatic N) is 2. The third kappa shape index (κ3) is 4.22. The van der Waals surface area contributed by atoms with Crippen LogP contribution in [0.4, 0.5) is 4.39 Å². The van der Waals surface area contributed by atoms with E-state index in [-0.39, 0.29) is 11.9 Å². The molecule has 4 rings (SSSR count). The van der Waals surface area contributed by atoms with Crippen LogP contribution in [0.15, 0.2) is 77.3 Å². The first-order chi connectivity index (χ1) is 15.8. The second-order valence-electron chi connectivity index (χ2n) is 8.35. The maximum atomic E-state index is 13.4. The van der Waals surface area contributed by atoms with Gasteiger partial charge in [0.2, 0.25) is 0 Å². The molecule has 0 saturated heterocycles. The Morgan fingerprint density at radius 1 is 1.12 bits per heavy atom. The van der Waals surface area contributed by atoms with Crippen molar-refractivity contribution in [1.82, 2.24) is 10.3 Å². The Kier molecular flexibility index (Phi) is 5.97. The molecule has 0 radical (unpaired) electrons. The molecule has 3 aromatic rings. The van der Waals surface area contributed by atoms with Crippen LogP contribution in [0.1, 0.15) is 39.2 Å². The number of hydrogen-bond donors (Lipinski definition) is 1. The number of benzene rings is 2. The normalized spacial score (nSPS) is 16.1. The van der Waals surface area contributed by atoms with Crippen molar-refractivity contribution >= 4 is 16.9 Å². The number of nitrogens with one attached hydrogen (secondary N) is 1. The van der Waals surface area contributed by atoms with E-state index < -0.39 is 11.9 Å². The van der Waals surface area contributed by atoms with Crippen LogP contribution in [0.2, 0.25) is 0 Å². The Labute approximate surface area is 192 Å². The molecule has 0 amide bonds. The molecule has 0 fully saturated rings. The second kappa shape index (κ2) is 8.87. The molecule has 1 aliphatic heterocycles. The minimum atomic E-state index is -0.600. The van der Waals surface area contributed by atoms with Gasteiger partial charge in [-0.3, -0.25) is 4.98 Å². The van der Waals surface area contributed by atoms with E-state index >= 15 is 0 Å². The fourth-order valence-corrected chi connectivity index (χ4v) is 4.23. The van der Waals surface area contributed by atoms with E-state index in [4.69, 9.17) is 4.74 Å². The van der Waals surface area contributed by atoms with Crippen molar-refractivity contribution in [2.45, 2.75) is 39.7 Å². The minimum absolute atomic E-state index is 0.296. The van der Waals surface area contributed by atoms with Gasteiger partial charge in [-0.1, -0.05) is 24.3 Å². The number of nitriles is 1. The van der Waals surface area contributed by atoms with E-state index in [1.807, 2.05) is 38.1 Å². The SMILES string of the molecule is CC1=C(C#N)C(c2cccc3ncc(-c4ccc(F)cc4)cc23)C(C(=O)OC(C)C)=C(C)N1. The molecule has 5 nitrogen and oxygen atoms in total. The van der Waals surface area contributed by atoms with Crippen LogP contribution in [0.25, 0.3) is 22.0 Å². The predicted octanol–water partition coefficient (Wildman–Crippen LogP) is 5.75. The highest BCUT2D eigenvalue weighted by Gasteiger charge is 2.35. The first-order valence-corrected chi connectivity index (χ1v) is 10.7. The maximum absolute atomic E-state index is 13.4. The molecule has 1 atom stereocenters. The van der Waals surface area contributed by atoms with Crippen LogP contribution < -0.4 is 5.32 Å². The predicted molar refractivity (Wildman–Crippen MR) is 125 cm³/mol. The Balaban J connectivity index is 1.94. The lowest BCUT2D eigenvalue weighted by molar-refractivity contribution is -0.143. The molecule has 1 unspecified atom stereocenters. The summed E-state index contributed by atoms with van der Waals surface area (Å²) in [6.45, 7) is 7.23. The van der Waals surface area contributed by atoms with E-state index in [0.717, 1.165) is 27.6 Å². The summed E-state index contributed by atoms with van der Waals surface area (Å²) in [5, 5.41) is 14.0. The number of pyridine rings is 1. The molecule has 0 spiro atoms. The van der Waals surface area contributed by atoms with Gasteiger partial charge in [-0.15, -0.1) is 0 Å². The fraction of sp³-hybridized carbons (Fsp3) is 0.222. The second-order valence-corrected chi connectivity index (χ2v) is 8.35. The monoisotopic (exact) mass is 441 g/mol. The van der Waals surface area contributed by atoms with Crippen LogP contribution in [0.5, 0.6) is 0 Å². The first-order valence-electron chi connectivity index (χ1n) is 10.7. The van der Waals surface area contributed by atoms with E-state index in [1.54, 1.807) is 32.2 Å². The number of hydrogen-bond acceptors (Lipinski definition) is 5. The summed E-state index contributed by atoms with van der Waals surface area (Å²) in [4.78, 5) is 17.7. The van der Waals surface area contributed by atoms with Gasteiger partial charge in [0.1, 0.15) is 5.82 Å². The average Bonchev–Trinajstić information content (AvgIpc) is 2.78. The number of ether oxygens (including phenoxy) is 1. The highest BCUT2D eigenvalue weighted by atomic mass is 19.1. The highest BCUT2D eigenvalue weighted by Crippen LogP contribution is 2.41. The van der Waals surface area contributed by atoms with Crippen molar-refractivity contribution < 1.29 is 13.9 Å². The van der Waals surface area contributed by atoms with Gasteiger partial charge in [-0.2, -0.15) is 5.26 Å². The van der Waals surface area contributed by atoms with Crippen LogP contribution in [0.3, 0.4) is 0 Å². The molecule has 0 bridgehead atoms. The minimum Gasteiger partial charge on any atom is -0.460 e. The number of carbonyl (C=O) groups is 1. The Bertz CT molecular complexity index is 1350. The van der Waals surface area contributed by atoms with Crippen LogP contribution in [-0.4, -0.2) is 17.1 Å². The Morgan fingerprint density at radius 2 is 1.85 bits per heavy atom. The smallest absolute Gasteiger partial charge is 0.337 e. The topological polar surface area (TPSA) is 75.0 Å². The molecule has 6 heteroatoms. The number of fused-ring (bicyclic) bond motifs is 1. The zero-order valence-corrected chi connectivity index (χ0v) is 18.9. The molecule has 166 valence electrons. The summed E-state index contributed by atoms with van der Waals surface area (Å²) in [5.41, 5.74) is 5.38. The number of esters is 1. The quantitative estimate of drug-likeness (QED) is 0.522. The van der Waals surface area contributed by atoms with Crippen LogP contribution >= 0.6 is 0 Å². The summed E-state index contributed by atoms with van der Waals surface area (Å²) in [6, 6.07) is 16.1. The van der Waals surface area contributed by atoms with Gasteiger partial charge in [-0.05, 0) is 63.1 Å². The molecule has 0 aliphatic carbocycles. The van der Waals surface area contributed by atoms with Crippen molar-refractivity contribution in [1.29, 1.82) is 5.26 Å². The van der Waals surface area contributed by atoms with Crippen molar-refractivity contribution in [3.63, 3.8) is 0 Å². The molecule has 2 aromatic carbocycles. The van der Waals surface area contributed by atoms with Crippen molar-refractivity contribution in [2.75, 3.05) is 0 Å². The van der Waals surface area contributed by atoms with Crippen LogP contribution in [-0.2, 0) is 9.53 Å². The third-order valence-electron chi connectivity index (χ3n) is 5.69. The van der Waals surface area contributed by atoms with Gasteiger partial charge in [0.05, 0.1) is 34.8 Å². The Hall–Kier alpha value is -3.98. The lowest BCUT2D eigenvalue weighted by atomic mass is 9.79. The number of allylic oxidation sites excluding steroid dienone is 3. The van der Waals surface area contributed by atoms with Gasteiger partial charge in [0.25, 0.3) is 0 Å². The third-order valence-corrected chi connectivity index (χ3v) is 5.69. The number of aromatic nitrogens is 1. The standard InChI is InChI=1S/C27H24FN3O2/c1-15(2)33-27(32)25-17(4)31-16(3)23(13-29)26(25)21-6-5-7-24-22(21)12-19(14-30-24)18-8-10-20(28)11-9-18/h5-12,14-15,26,31H,1-4H3. The highest BCUT2D eigenvalue weighted by molar-refractivity contribution is 5.96. The molecule has 1 N–H and O–H groups in total. The van der Waals surface area contributed by atoms with Gasteiger partial charge >= 0.3 is 5.97 Å². The summed E-state index contributed by atoms with van der Waals surface area (Å²) in [7, 11) is 0.